The van der Waals surface area contributed by atoms with Crippen LogP contribution in [-0.4, -0.2) is 30.8 Å². The standard InChI is InChI=1S/C16H16N2O2S/c1-17-15(13-4-3-7-21-13)11-6-5-10-9-14(19)18(2)16(20)12(10)8-11/h3-8,15,17H,9H2,1-2H3. The molecular weight excluding hydrogens is 284 g/mol. The van der Waals surface area contributed by atoms with Gasteiger partial charge in [0.05, 0.1) is 12.5 Å². The number of likely N-dealkylation sites (N-methyl/N-ethyl adjacent to an activating group) is 1. The average molecular weight is 300 g/mol. The smallest absolute Gasteiger partial charge is 0.260 e. The van der Waals surface area contributed by atoms with Gasteiger partial charge in [-0.2, -0.15) is 0 Å². The summed E-state index contributed by atoms with van der Waals surface area (Å²) >= 11 is 1.68. The van der Waals surface area contributed by atoms with Gasteiger partial charge in [0.1, 0.15) is 0 Å². The van der Waals surface area contributed by atoms with Crippen LogP contribution in [0.3, 0.4) is 0 Å². The summed E-state index contributed by atoms with van der Waals surface area (Å²) in [5.74, 6) is -0.368. The number of nitrogens with one attached hydrogen (secondary N) is 1. The van der Waals surface area contributed by atoms with Gasteiger partial charge in [-0.3, -0.25) is 14.5 Å². The molecule has 1 atom stereocenters. The van der Waals surface area contributed by atoms with Crippen molar-refractivity contribution in [3.05, 3.63) is 57.3 Å². The maximum absolute atomic E-state index is 12.3. The van der Waals surface area contributed by atoms with Crippen LogP contribution in [0.25, 0.3) is 0 Å². The number of carbonyl (C=O) groups excluding carboxylic acids is 2. The van der Waals surface area contributed by atoms with Crippen molar-refractivity contribution in [2.24, 2.45) is 0 Å². The Morgan fingerprint density at radius 3 is 2.76 bits per heavy atom. The van der Waals surface area contributed by atoms with E-state index in [0.717, 1.165) is 11.1 Å². The van der Waals surface area contributed by atoms with Gasteiger partial charge in [0.2, 0.25) is 5.91 Å². The van der Waals surface area contributed by atoms with Gasteiger partial charge in [-0.05, 0) is 35.7 Å². The molecule has 2 aromatic rings. The highest BCUT2D eigenvalue weighted by atomic mass is 32.1. The Morgan fingerprint density at radius 1 is 1.29 bits per heavy atom. The Bertz CT molecular complexity index is 694. The Hall–Kier alpha value is -1.98. The first kappa shape index (κ1) is 14.0. The van der Waals surface area contributed by atoms with Crippen molar-refractivity contribution in [2.45, 2.75) is 12.5 Å². The minimum absolute atomic E-state index is 0.0611. The first-order valence-electron chi connectivity index (χ1n) is 6.76. The third kappa shape index (κ3) is 2.39. The van der Waals surface area contributed by atoms with Gasteiger partial charge in [-0.25, -0.2) is 0 Å². The SMILES string of the molecule is CNC(c1ccc2c(c1)C(=O)N(C)C(=O)C2)c1cccs1. The Morgan fingerprint density at radius 2 is 2.10 bits per heavy atom. The summed E-state index contributed by atoms with van der Waals surface area (Å²) in [7, 11) is 3.44. The number of benzene rings is 1. The highest BCUT2D eigenvalue weighted by Crippen LogP contribution is 2.29. The van der Waals surface area contributed by atoms with Crippen molar-refractivity contribution in [3.63, 3.8) is 0 Å². The average Bonchev–Trinajstić information content (AvgIpc) is 3.00. The first-order valence-corrected chi connectivity index (χ1v) is 7.64. The zero-order chi connectivity index (χ0) is 15.0. The molecule has 1 N–H and O–H groups in total. The van der Waals surface area contributed by atoms with Crippen LogP contribution in [0.1, 0.15) is 32.4 Å². The number of thiophene rings is 1. The van der Waals surface area contributed by atoms with E-state index in [1.54, 1.807) is 11.3 Å². The second-order valence-corrected chi connectivity index (χ2v) is 6.07. The van der Waals surface area contributed by atoms with Crippen LogP contribution in [0.4, 0.5) is 0 Å². The van der Waals surface area contributed by atoms with Crippen molar-refractivity contribution in [1.29, 1.82) is 0 Å². The molecule has 0 saturated heterocycles. The molecule has 0 aliphatic carbocycles. The van der Waals surface area contributed by atoms with Gasteiger partial charge in [0, 0.05) is 17.5 Å². The lowest BCUT2D eigenvalue weighted by Gasteiger charge is -2.25. The van der Waals surface area contributed by atoms with Gasteiger partial charge < -0.3 is 5.32 Å². The third-order valence-electron chi connectivity index (χ3n) is 3.83. The molecule has 0 bridgehead atoms. The highest BCUT2D eigenvalue weighted by molar-refractivity contribution is 7.10. The zero-order valence-electron chi connectivity index (χ0n) is 11.9. The summed E-state index contributed by atoms with van der Waals surface area (Å²) in [6.45, 7) is 0. The lowest BCUT2D eigenvalue weighted by Crippen LogP contribution is -2.39. The molecule has 5 heteroatoms. The van der Waals surface area contributed by atoms with Crippen molar-refractivity contribution in [2.75, 3.05) is 14.1 Å². The minimum atomic E-state index is -0.218. The molecule has 2 heterocycles. The largest absolute Gasteiger partial charge is 0.309 e. The molecule has 2 amide bonds. The predicted molar refractivity (Wildman–Crippen MR) is 82.5 cm³/mol. The number of hydrogen-bond donors (Lipinski definition) is 1. The normalized spacial score (nSPS) is 16.0. The molecule has 0 radical (unpaired) electrons. The van der Waals surface area contributed by atoms with Crippen molar-refractivity contribution in [1.82, 2.24) is 10.2 Å². The van der Waals surface area contributed by atoms with E-state index < -0.39 is 0 Å². The summed E-state index contributed by atoms with van der Waals surface area (Å²) in [4.78, 5) is 26.4. The fraction of sp³-hybridized carbons (Fsp3) is 0.250. The quantitative estimate of drug-likeness (QED) is 0.884. The Balaban J connectivity index is 2.03. The minimum Gasteiger partial charge on any atom is -0.309 e. The molecule has 1 aromatic heterocycles. The molecule has 0 saturated carbocycles. The molecule has 1 aliphatic rings. The van der Waals surface area contributed by atoms with E-state index in [9.17, 15) is 9.59 Å². The number of carbonyl (C=O) groups is 2. The second kappa shape index (κ2) is 5.42. The third-order valence-corrected chi connectivity index (χ3v) is 4.77. The number of rotatable bonds is 3. The second-order valence-electron chi connectivity index (χ2n) is 5.09. The summed E-state index contributed by atoms with van der Waals surface area (Å²) in [5, 5.41) is 5.32. The predicted octanol–water partition coefficient (Wildman–Crippen LogP) is 2.21. The number of hydrogen-bond acceptors (Lipinski definition) is 4. The van der Waals surface area contributed by atoms with Crippen LogP contribution in [0.15, 0.2) is 35.7 Å². The van der Waals surface area contributed by atoms with Crippen LogP contribution >= 0.6 is 11.3 Å². The fourth-order valence-electron chi connectivity index (χ4n) is 2.63. The topological polar surface area (TPSA) is 49.4 Å². The Labute approximate surface area is 127 Å². The lowest BCUT2D eigenvalue weighted by atomic mass is 9.94. The molecular formula is C16H16N2O2S. The summed E-state index contributed by atoms with van der Waals surface area (Å²) in [5.41, 5.74) is 2.48. The lowest BCUT2D eigenvalue weighted by molar-refractivity contribution is -0.127. The van der Waals surface area contributed by atoms with E-state index in [1.807, 2.05) is 36.7 Å². The van der Waals surface area contributed by atoms with Gasteiger partial charge in [-0.15, -0.1) is 11.3 Å². The van der Waals surface area contributed by atoms with Gasteiger partial charge in [-0.1, -0.05) is 18.2 Å². The molecule has 108 valence electrons. The van der Waals surface area contributed by atoms with Crippen molar-refractivity contribution in [3.8, 4) is 0 Å². The Kier molecular flexibility index (Phi) is 3.61. The first-order chi connectivity index (χ1) is 10.1. The van der Waals surface area contributed by atoms with Crippen LogP contribution in [0.2, 0.25) is 0 Å². The molecule has 3 rings (SSSR count). The zero-order valence-corrected chi connectivity index (χ0v) is 12.7. The number of fused-ring (bicyclic) bond motifs is 1. The van der Waals surface area contributed by atoms with Crippen LogP contribution in [0, 0.1) is 0 Å². The molecule has 0 spiro atoms. The maximum atomic E-state index is 12.3. The molecule has 1 aromatic carbocycles. The van der Waals surface area contributed by atoms with Crippen molar-refractivity contribution >= 4 is 23.2 Å². The van der Waals surface area contributed by atoms with E-state index in [2.05, 4.69) is 11.4 Å². The maximum Gasteiger partial charge on any atom is 0.260 e. The van der Waals surface area contributed by atoms with Crippen molar-refractivity contribution < 1.29 is 9.59 Å². The van der Waals surface area contributed by atoms with E-state index in [1.165, 1.54) is 16.8 Å². The summed E-state index contributed by atoms with van der Waals surface area (Å²) < 4.78 is 0. The monoisotopic (exact) mass is 300 g/mol. The molecule has 1 aliphatic heterocycles. The van der Waals surface area contributed by atoms with Gasteiger partial charge in [0.15, 0.2) is 0 Å². The van der Waals surface area contributed by atoms with E-state index >= 15 is 0 Å². The van der Waals surface area contributed by atoms with E-state index in [0.29, 0.717) is 12.0 Å². The summed E-state index contributed by atoms with van der Waals surface area (Å²) in [6.07, 6.45) is 0.293. The molecule has 21 heavy (non-hydrogen) atoms. The van der Waals surface area contributed by atoms with Gasteiger partial charge in [0.25, 0.3) is 5.91 Å². The molecule has 0 fully saturated rings. The number of imide groups is 1. The van der Waals surface area contributed by atoms with Crippen LogP contribution in [-0.2, 0) is 11.2 Å². The molecule has 1 unspecified atom stereocenters. The summed E-state index contributed by atoms with van der Waals surface area (Å²) in [6, 6.07) is 9.94. The molecule has 4 nitrogen and oxygen atoms in total. The van der Waals surface area contributed by atoms with Crippen LogP contribution in [0.5, 0.6) is 0 Å². The highest BCUT2D eigenvalue weighted by Gasteiger charge is 2.28. The number of nitrogens with zero attached hydrogens (tertiary/aromatic N) is 1. The number of amides is 2. The van der Waals surface area contributed by atoms with E-state index in [-0.39, 0.29) is 17.9 Å². The van der Waals surface area contributed by atoms with Crippen LogP contribution < -0.4 is 5.32 Å². The fourth-order valence-corrected chi connectivity index (χ4v) is 3.49. The van der Waals surface area contributed by atoms with Gasteiger partial charge >= 0.3 is 0 Å². The van der Waals surface area contributed by atoms with E-state index in [4.69, 9.17) is 0 Å².